The zero-order chi connectivity index (χ0) is 16.9. The summed E-state index contributed by atoms with van der Waals surface area (Å²) in [5.74, 6) is -0.118. The summed E-state index contributed by atoms with van der Waals surface area (Å²) in [7, 11) is 0. The fourth-order valence-corrected chi connectivity index (χ4v) is 3.22. The van der Waals surface area contributed by atoms with Crippen molar-refractivity contribution < 1.29 is 4.79 Å². The van der Waals surface area contributed by atoms with Crippen molar-refractivity contribution in [3.05, 3.63) is 71.1 Å². The number of amides is 1. The van der Waals surface area contributed by atoms with E-state index in [0.29, 0.717) is 27.3 Å². The van der Waals surface area contributed by atoms with Gasteiger partial charge in [0.2, 0.25) is 0 Å². The lowest BCUT2D eigenvalue weighted by Crippen LogP contribution is -2.29. The number of carbonyl (C=O) groups excluding carboxylic acids is 1. The molecule has 0 N–H and O–H groups in total. The van der Waals surface area contributed by atoms with Crippen LogP contribution >= 0.6 is 23.4 Å². The van der Waals surface area contributed by atoms with Gasteiger partial charge in [0.15, 0.2) is 5.17 Å². The number of amidine groups is 1. The average Bonchev–Trinajstić information content (AvgIpc) is 2.87. The van der Waals surface area contributed by atoms with Crippen LogP contribution in [0.5, 0.6) is 0 Å². The molecule has 1 fully saturated rings. The second-order valence-corrected chi connectivity index (χ2v) is 6.24. The predicted molar refractivity (Wildman–Crippen MR) is 98.1 cm³/mol. The standard InChI is InChI=1S/C17H13ClN4OS/c1-2-8-22-16(23)15(9-12-4-3-6-19-10-12)24-17(22)21-14-5-7-20-11-13(14)18/h2-7,9-11H,1,8H2/b15-9-,21-17?. The van der Waals surface area contributed by atoms with Gasteiger partial charge < -0.3 is 0 Å². The van der Waals surface area contributed by atoms with E-state index in [0.717, 1.165) is 5.56 Å². The molecule has 3 heterocycles. The molecule has 24 heavy (non-hydrogen) atoms. The molecule has 0 atom stereocenters. The molecule has 0 saturated carbocycles. The maximum Gasteiger partial charge on any atom is 0.267 e. The summed E-state index contributed by atoms with van der Waals surface area (Å²) in [6.45, 7) is 4.08. The van der Waals surface area contributed by atoms with Crippen LogP contribution in [0.3, 0.4) is 0 Å². The zero-order valence-corrected chi connectivity index (χ0v) is 14.2. The van der Waals surface area contributed by atoms with Crippen LogP contribution in [0, 0.1) is 0 Å². The second kappa shape index (κ2) is 7.42. The third kappa shape index (κ3) is 3.55. The topological polar surface area (TPSA) is 58.5 Å². The van der Waals surface area contributed by atoms with Gasteiger partial charge in [-0.25, -0.2) is 4.99 Å². The number of pyridine rings is 2. The quantitative estimate of drug-likeness (QED) is 0.615. The van der Waals surface area contributed by atoms with Crippen LogP contribution in [0.25, 0.3) is 6.08 Å². The SMILES string of the molecule is C=CCN1C(=O)/C(=C/c2cccnc2)SC1=Nc1ccncc1Cl. The van der Waals surface area contributed by atoms with Gasteiger partial charge in [-0.15, -0.1) is 6.58 Å². The van der Waals surface area contributed by atoms with Gasteiger partial charge in [-0.05, 0) is 35.5 Å². The first-order valence-electron chi connectivity index (χ1n) is 7.09. The lowest BCUT2D eigenvalue weighted by atomic mass is 10.2. The van der Waals surface area contributed by atoms with Crippen molar-refractivity contribution in [1.82, 2.24) is 14.9 Å². The monoisotopic (exact) mass is 356 g/mol. The highest BCUT2D eigenvalue weighted by Gasteiger charge is 2.32. The lowest BCUT2D eigenvalue weighted by Gasteiger charge is -2.12. The van der Waals surface area contributed by atoms with E-state index >= 15 is 0 Å². The van der Waals surface area contributed by atoms with Crippen molar-refractivity contribution in [3.63, 3.8) is 0 Å². The molecule has 0 aliphatic carbocycles. The Balaban J connectivity index is 1.97. The molecular formula is C17H13ClN4OS. The molecule has 2 aromatic heterocycles. The van der Waals surface area contributed by atoms with Gasteiger partial charge in [-0.2, -0.15) is 0 Å². The third-order valence-electron chi connectivity index (χ3n) is 3.15. The van der Waals surface area contributed by atoms with Crippen molar-refractivity contribution >= 4 is 46.2 Å². The van der Waals surface area contributed by atoms with Crippen LogP contribution in [0.2, 0.25) is 5.02 Å². The molecule has 120 valence electrons. The minimum Gasteiger partial charge on any atom is -0.283 e. The van der Waals surface area contributed by atoms with E-state index in [2.05, 4.69) is 21.5 Å². The van der Waals surface area contributed by atoms with E-state index < -0.39 is 0 Å². The Morgan fingerprint density at radius 3 is 2.83 bits per heavy atom. The molecule has 1 aliphatic rings. The summed E-state index contributed by atoms with van der Waals surface area (Å²) in [4.78, 5) is 27.3. The Hall–Kier alpha value is -2.44. The molecule has 0 radical (unpaired) electrons. The van der Waals surface area contributed by atoms with Crippen molar-refractivity contribution in [2.75, 3.05) is 6.54 Å². The Labute approximate surface area is 148 Å². The van der Waals surface area contributed by atoms with Crippen molar-refractivity contribution in [3.8, 4) is 0 Å². The molecule has 2 aromatic rings. The molecule has 0 bridgehead atoms. The second-order valence-electron chi connectivity index (χ2n) is 4.82. The molecule has 0 spiro atoms. The summed E-state index contributed by atoms with van der Waals surface area (Å²) < 4.78 is 0. The number of carbonyl (C=O) groups is 1. The van der Waals surface area contributed by atoms with Crippen LogP contribution in [0.4, 0.5) is 5.69 Å². The number of thioether (sulfide) groups is 1. The lowest BCUT2D eigenvalue weighted by molar-refractivity contribution is -0.121. The van der Waals surface area contributed by atoms with E-state index in [9.17, 15) is 4.79 Å². The normalized spacial score (nSPS) is 17.7. The van der Waals surface area contributed by atoms with E-state index in [1.54, 1.807) is 41.7 Å². The largest absolute Gasteiger partial charge is 0.283 e. The highest BCUT2D eigenvalue weighted by Crippen LogP contribution is 2.35. The molecule has 5 nitrogen and oxygen atoms in total. The molecule has 1 aliphatic heterocycles. The maximum atomic E-state index is 12.6. The first-order chi connectivity index (χ1) is 11.7. The average molecular weight is 357 g/mol. The fraction of sp³-hybridized carbons (Fsp3) is 0.0588. The van der Waals surface area contributed by atoms with Crippen LogP contribution in [0.1, 0.15) is 5.56 Å². The van der Waals surface area contributed by atoms with Crippen molar-refractivity contribution in [2.24, 2.45) is 4.99 Å². The molecule has 1 saturated heterocycles. The summed E-state index contributed by atoms with van der Waals surface area (Å²) in [6, 6.07) is 5.42. The van der Waals surface area contributed by atoms with Crippen LogP contribution < -0.4 is 0 Å². The number of hydrogen-bond donors (Lipinski definition) is 0. The maximum absolute atomic E-state index is 12.6. The Kier molecular flexibility index (Phi) is 5.08. The number of nitrogens with zero attached hydrogens (tertiary/aromatic N) is 4. The number of rotatable bonds is 4. The van der Waals surface area contributed by atoms with E-state index in [4.69, 9.17) is 11.6 Å². The first-order valence-corrected chi connectivity index (χ1v) is 8.29. The Morgan fingerprint density at radius 1 is 1.29 bits per heavy atom. The fourth-order valence-electron chi connectivity index (χ4n) is 2.06. The van der Waals surface area contributed by atoms with Gasteiger partial charge in [0.05, 0.1) is 15.6 Å². The Morgan fingerprint density at radius 2 is 2.12 bits per heavy atom. The van der Waals surface area contributed by atoms with Gasteiger partial charge >= 0.3 is 0 Å². The highest BCUT2D eigenvalue weighted by molar-refractivity contribution is 8.18. The van der Waals surface area contributed by atoms with Crippen molar-refractivity contribution in [1.29, 1.82) is 0 Å². The van der Waals surface area contributed by atoms with Crippen LogP contribution in [0.15, 0.2) is 65.5 Å². The summed E-state index contributed by atoms with van der Waals surface area (Å²) in [5, 5.41) is 0.990. The first kappa shape index (κ1) is 16.4. The van der Waals surface area contributed by atoms with Crippen LogP contribution in [-0.4, -0.2) is 32.5 Å². The van der Waals surface area contributed by atoms with Gasteiger partial charge in [0, 0.05) is 31.3 Å². The van der Waals surface area contributed by atoms with Gasteiger partial charge in [0.1, 0.15) is 0 Å². The number of aliphatic imine (C=N–C) groups is 1. The molecule has 7 heteroatoms. The minimum atomic E-state index is -0.118. The summed E-state index contributed by atoms with van der Waals surface area (Å²) in [6.07, 6.45) is 9.98. The number of halogens is 1. The van der Waals surface area contributed by atoms with Gasteiger partial charge in [-0.1, -0.05) is 23.7 Å². The third-order valence-corrected chi connectivity index (χ3v) is 4.45. The molecule has 0 aromatic carbocycles. The minimum absolute atomic E-state index is 0.118. The highest BCUT2D eigenvalue weighted by atomic mass is 35.5. The zero-order valence-electron chi connectivity index (χ0n) is 12.6. The number of aromatic nitrogens is 2. The van der Waals surface area contributed by atoms with Crippen LogP contribution in [-0.2, 0) is 4.79 Å². The van der Waals surface area contributed by atoms with E-state index in [1.165, 1.54) is 18.0 Å². The molecular weight excluding hydrogens is 344 g/mol. The summed E-state index contributed by atoms with van der Waals surface area (Å²) in [5.41, 5.74) is 1.42. The molecule has 3 rings (SSSR count). The summed E-state index contributed by atoms with van der Waals surface area (Å²) >= 11 is 7.40. The van der Waals surface area contributed by atoms with E-state index in [1.807, 2.05) is 12.1 Å². The van der Waals surface area contributed by atoms with Gasteiger partial charge in [0.25, 0.3) is 5.91 Å². The smallest absolute Gasteiger partial charge is 0.267 e. The predicted octanol–water partition coefficient (Wildman–Crippen LogP) is 3.92. The number of hydrogen-bond acceptors (Lipinski definition) is 5. The Bertz CT molecular complexity index is 835. The molecule has 1 amide bonds. The molecule has 0 unspecified atom stereocenters. The van der Waals surface area contributed by atoms with Gasteiger partial charge in [-0.3, -0.25) is 19.7 Å². The van der Waals surface area contributed by atoms with Crippen molar-refractivity contribution in [2.45, 2.75) is 0 Å². The van der Waals surface area contributed by atoms with E-state index in [-0.39, 0.29) is 5.91 Å².